The minimum Gasteiger partial charge on any atom is -0.480 e. The summed E-state index contributed by atoms with van der Waals surface area (Å²) in [7, 11) is -0.918. The van der Waals surface area contributed by atoms with E-state index in [1.54, 1.807) is 0 Å². The number of halogens is 1. The maximum Gasteiger partial charge on any atom is 0.317 e. The van der Waals surface area contributed by atoms with Crippen molar-refractivity contribution in [1.82, 2.24) is 4.90 Å². The van der Waals surface area contributed by atoms with Crippen LogP contribution >= 0.6 is 12.4 Å². The van der Waals surface area contributed by atoms with E-state index in [4.69, 9.17) is 5.11 Å². The Labute approximate surface area is 86.5 Å². The first kappa shape index (κ1) is 12.9. The number of carboxylic acid groups (broad SMARTS) is 1. The van der Waals surface area contributed by atoms with E-state index in [1.807, 2.05) is 4.90 Å². The molecule has 1 aliphatic rings. The zero-order valence-electron chi connectivity index (χ0n) is 8.25. The van der Waals surface area contributed by atoms with Crippen molar-refractivity contribution in [3.05, 3.63) is 0 Å². The molecule has 0 aromatic rings. The highest BCUT2D eigenvalue weighted by Gasteiger charge is 2.27. The van der Waals surface area contributed by atoms with E-state index in [1.165, 1.54) is 12.1 Å². The van der Waals surface area contributed by atoms with Crippen molar-refractivity contribution in [3.8, 4) is 0 Å². The van der Waals surface area contributed by atoms with Gasteiger partial charge in [0.25, 0.3) is 0 Å². The van der Waals surface area contributed by atoms with E-state index in [2.05, 4.69) is 13.1 Å². The van der Waals surface area contributed by atoms with Crippen molar-refractivity contribution in [2.24, 2.45) is 0 Å². The Morgan fingerprint density at radius 3 is 2.23 bits per heavy atom. The van der Waals surface area contributed by atoms with Gasteiger partial charge in [0.15, 0.2) is 0 Å². The Kier molecular flexibility index (Phi) is 4.95. The number of carboxylic acids is 1. The van der Waals surface area contributed by atoms with Crippen LogP contribution in [0, 0.1) is 0 Å². The molecule has 0 saturated carbocycles. The molecule has 1 N–H and O–H groups in total. The van der Waals surface area contributed by atoms with Crippen molar-refractivity contribution in [2.75, 3.05) is 19.6 Å². The zero-order chi connectivity index (χ0) is 9.19. The molecule has 0 unspecified atom stereocenters. The summed E-state index contributed by atoms with van der Waals surface area (Å²) in [6.45, 7) is 6.97. The van der Waals surface area contributed by atoms with Crippen LogP contribution in [0.2, 0.25) is 25.2 Å². The summed E-state index contributed by atoms with van der Waals surface area (Å²) in [5.41, 5.74) is 0. The fourth-order valence-electron chi connectivity index (χ4n) is 1.51. The molecule has 0 aromatic heterocycles. The summed E-state index contributed by atoms with van der Waals surface area (Å²) < 4.78 is 0. The molecule has 0 aromatic carbocycles. The molecule has 13 heavy (non-hydrogen) atoms. The van der Waals surface area contributed by atoms with Crippen molar-refractivity contribution in [1.29, 1.82) is 0 Å². The standard InChI is InChI=1S/C8H17NO2Si.ClH/c1-12(2)5-3-9(4-6-12)7-8(10)11;/h3-7H2,1-2H3,(H,10,11);1H. The Morgan fingerprint density at radius 1 is 1.38 bits per heavy atom. The fourth-order valence-corrected chi connectivity index (χ4v) is 3.60. The molecule has 0 bridgehead atoms. The van der Waals surface area contributed by atoms with E-state index < -0.39 is 14.0 Å². The summed E-state index contributed by atoms with van der Waals surface area (Å²) in [6.07, 6.45) is 0. The molecule has 1 saturated heterocycles. The largest absolute Gasteiger partial charge is 0.480 e. The van der Waals surface area contributed by atoms with Gasteiger partial charge >= 0.3 is 5.97 Å². The molecule has 78 valence electrons. The Bertz CT molecular complexity index is 177. The summed E-state index contributed by atoms with van der Waals surface area (Å²) in [5, 5.41) is 8.57. The molecule has 5 heteroatoms. The molecule has 1 fully saturated rings. The monoisotopic (exact) mass is 223 g/mol. The van der Waals surface area contributed by atoms with Crippen molar-refractivity contribution in [3.63, 3.8) is 0 Å². The van der Waals surface area contributed by atoms with Gasteiger partial charge in [-0.15, -0.1) is 12.4 Å². The number of nitrogens with zero attached hydrogens (tertiary/aromatic N) is 1. The third kappa shape index (κ3) is 4.64. The highest BCUT2D eigenvalue weighted by Crippen LogP contribution is 2.21. The summed E-state index contributed by atoms with van der Waals surface area (Å²) in [5.74, 6) is -0.698. The van der Waals surface area contributed by atoms with Gasteiger partial charge in [0.05, 0.1) is 6.54 Å². The first-order valence-corrected chi connectivity index (χ1v) is 7.85. The Balaban J connectivity index is 0.00000144. The number of aliphatic carboxylic acids is 1. The molecule has 0 aliphatic carbocycles. The van der Waals surface area contributed by atoms with Gasteiger partial charge in [0, 0.05) is 8.07 Å². The second kappa shape index (κ2) is 4.98. The maximum atomic E-state index is 10.4. The number of hydrogen-bond acceptors (Lipinski definition) is 2. The Morgan fingerprint density at radius 2 is 1.85 bits per heavy atom. The number of hydrogen-bond donors (Lipinski definition) is 1. The molecular weight excluding hydrogens is 206 g/mol. The molecular formula is C8H18ClNO2Si. The average Bonchev–Trinajstić information content (AvgIpc) is 1.93. The van der Waals surface area contributed by atoms with Crippen LogP contribution in [0.5, 0.6) is 0 Å². The number of rotatable bonds is 2. The summed E-state index contributed by atoms with van der Waals surface area (Å²) in [6, 6.07) is 2.50. The Hall–Kier alpha value is -0.0631. The minimum atomic E-state index is -0.918. The van der Waals surface area contributed by atoms with Crippen molar-refractivity contribution < 1.29 is 9.90 Å². The maximum absolute atomic E-state index is 10.4. The molecule has 0 spiro atoms. The van der Waals surface area contributed by atoms with Crippen LogP contribution in [0.3, 0.4) is 0 Å². The van der Waals surface area contributed by atoms with E-state index in [0.29, 0.717) is 0 Å². The fraction of sp³-hybridized carbons (Fsp3) is 0.875. The minimum absolute atomic E-state index is 0. The molecule has 1 rings (SSSR count). The molecule has 0 radical (unpaired) electrons. The van der Waals surface area contributed by atoms with Gasteiger partial charge in [-0.3, -0.25) is 9.69 Å². The summed E-state index contributed by atoms with van der Waals surface area (Å²) >= 11 is 0. The van der Waals surface area contributed by atoms with Crippen LogP contribution < -0.4 is 0 Å². The van der Waals surface area contributed by atoms with Crippen LogP contribution in [0.1, 0.15) is 0 Å². The third-order valence-electron chi connectivity index (χ3n) is 2.57. The van der Waals surface area contributed by atoms with Crippen LogP contribution in [0.4, 0.5) is 0 Å². The molecule has 0 amide bonds. The first-order valence-electron chi connectivity index (χ1n) is 4.44. The quantitative estimate of drug-likeness (QED) is 0.722. The van der Waals surface area contributed by atoms with Gasteiger partial charge in [-0.25, -0.2) is 0 Å². The van der Waals surface area contributed by atoms with Crippen LogP contribution in [-0.4, -0.2) is 43.7 Å². The topological polar surface area (TPSA) is 40.5 Å². The van der Waals surface area contributed by atoms with Crippen molar-refractivity contribution in [2.45, 2.75) is 25.2 Å². The zero-order valence-corrected chi connectivity index (χ0v) is 10.1. The molecule has 1 aliphatic heterocycles. The van der Waals surface area contributed by atoms with Crippen LogP contribution in [0.25, 0.3) is 0 Å². The smallest absolute Gasteiger partial charge is 0.317 e. The molecule has 0 atom stereocenters. The molecule has 3 nitrogen and oxygen atoms in total. The molecule has 1 heterocycles. The predicted molar refractivity (Wildman–Crippen MR) is 58.4 cm³/mol. The average molecular weight is 224 g/mol. The lowest BCUT2D eigenvalue weighted by Gasteiger charge is -2.34. The van der Waals surface area contributed by atoms with Crippen LogP contribution in [0.15, 0.2) is 0 Å². The van der Waals surface area contributed by atoms with Gasteiger partial charge in [0.2, 0.25) is 0 Å². The van der Waals surface area contributed by atoms with E-state index in [-0.39, 0.29) is 19.0 Å². The predicted octanol–water partition coefficient (Wildman–Crippen LogP) is 1.52. The number of carbonyl (C=O) groups is 1. The van der Waals surface area contributed by atoms with E-state index >= 15 is 0 Å². The second-order valence-corrected chi connectivity index (χ2v) is 9.66. The van der Waals surface area contributed by atoms with Gasteiger partial charge in [0.1, 0.15) is 0 Å². The normalized spacial score (nSPS) is 22.0. The lowest BCUT2D eigenvalue weighted by atomic mass is 10.4. The summed E-state index contributed by atoms with van der Waals surface area (Å²) in [4.78, 5) is 12.4. The van der Waals surface area contributed by atoms with Crippen molar-refractivity contribution >= 4 is 26.5 Å². The van der Waals surface area contributed by atoms with E-state index in [0.717, 1.165) is 13.1 Å². The second-order valence-electron chi connectivity index (χ2n) is 4.33. The van der Waals surface area contributed by atoms with Gasteiger partial charge < -0.3 is 5.11 Å². The van der Waals surface area contributed by atoms with Crippen LogP contribution in [-0.2, 0) is 4.79 Å². The van der Waals surface area contributed by atoms with Gasteiger partial charge in [-0.05, 0) is 25.2 Å². The highest BCUT2D eigenvalue weighted by atomic mass is 35.5. The highest BCUT2D eigenvalue weighted by molar-refractivity contribution is 6.77. The van der Waals surface area contributed by atoms with Gasteiger partial charge in [-0.2, -0.15) is 0 Å². The third-order valence-corrected chi connectivity index (χ3v) is 5.72. The SMILES string of the molecule is C[Si]1(C)CCN(CC(=O)O)CC1.Cl. The van der Waals surface area contributed by atoms with Gasteiger partial charge in [-0.1, -0.05) is 13.1 Å². The first-order chi connectivity index (χ1) is 5.49. The lowest BCUT2D eigenvalue weighted by Crippen LogP contribution is -2.44. The lowest BCUT2D eigenvalue weighted by molar-refractivity contribution is -0.138. The van der Waals surface area contributed by atoms with E-state index in [9.17, 15) is 4.79 Å².